The second-order valence-electron chi connectivity index (χ2n) is 5.94. The van der Waals surface area contributed by atoms with Crippen molar-refractivity contribution in [3.63, 3.8) is 0 Å². The zero-order chi connectivity index (χ0) is 20.2. The molecule has 1 atom stereocenters. The van der Waals surface area contributed by atoms with Crippen LogP contribution in [0.15, 0.2) is 47.4 Å². The molecule has 144 valence electrons. The summed E-state index contributed by atoms with van der Waals surface area (Å²) in [5.74, 6) is -2.73. The number of esters is 1. The molecule has 0 unspecified atom stereocenters. The van der Waals surface area contributed by atoms with Crippen LogP contribution in [0.5, 0.6) is 0 Å². The van der Waals surface area contributed by atoms with Gasteiger partial charge in [-0.2, -0.15) is 0 Å². The van der Waals surface area contributed by atoms with Gasteiger partial charge in [-0.05, 0) is 37.6 Å². The Morgan fingerprint density at radius 2 is 1.81 bits per heavy atom. The molecule has 27 heavy (non-hydrogen) atoms. The number of carbonyl (C=O) groups is 2. The number of rotatable bonds is 6. The van der Waals surface area contributed by atoms with E-state index in [2.05, 4.69) is 5.32 Å². The van der Waals surface area contributed by atoms with Gasteiger partial charge in [-0.15, -0.1) is 0 Å². The van der Waals surface area contributed by atoms with Crippen molar-refractivity contribution in [3.8, 4) is 0 Å². The molecular weight excluding hydrogens is 375 g/mol. The van der Waals surface area contributed by atoms with Crippen molar-refractivity contribution in [2.75, 3.05) is 0 Å². The molecule has 0 saturated heterocycles. The first-order valence-electron chi connectivity index (χ1n) is 7.94. The first-order chi connectivity index (χ1) is 12.6. The normalized spacial score (nSPS) is 12.3. The number of ether oxygens (including phenoxy) is 1. The average Bonchev–Trinajstić information content (AvgIpc) is 2.60. The Labute approximate surface area is 156 Å². The molecule has 0 saturated carbocycles. The molecule has 0 aromatic heterocycles. The van der Waals surface area contributed by atoms with Crippen LogP contribution in [0.2, 0.25) is 0 Å². The third-order valence-electron chi connectivity index (χ3n) is 3.73. The zero-order valence-electron chi connectivity index (χ0n) is 14.7. The van der Waals surface area contributed by atoms with Gasteiger partial charge in [0.15, 0.2) is 6.10 Å². The van der Waals surface area contributed by atoms with Crippen LogP contribution in [-0.2, 0) is 26.1 Å². The molecule has 0 spiro atoms. The molecule has 0 aliphatic heterocycles. The predicted molar refractivity (Wildman–Crippen MR) is 95.7 cm³/mol. The third-order valence-corrected chi connectivity index (χ3v) is 4.64. The topological polar surface area (TPSA) is 116 Å². The van der Waals surface area contributed by atoms with Gasteiger partial charge in [0.1, 0.15) is 5.82 Å². The third kappa shape index (κ3) is 5.60. The molecule has 9 heteroatoms. The maximum Gasteiger partial charge on any atom is 0.341 e. The van der Waals surface area contributed by atoms with Crippen molar-refractivity contribution in [2.45, 2.75) is 31.4 Å². The number of nitrogens with two attached hydrogens (primary N) is 1. The minimum absolute atomic E-state index is 0.232. The van der Waals surface area contributed by atoms with E-state index in [4.69, 9.17) is 9.88 Å². The first-order valence-corrected chi connectivity index (χ1v) is 9.49. The van der Waals surface area contributed by atoms with E-state index in [0.29, 0.717) is 0 Å². The Kier molecular flexibility index (Phi) is 6.29. The van der Waals surface area contributed by atoms with Gasteiger partial charge >= 0.3 is 5.97 Å². The second kappa shape index (κ2) is 8.28. The molecule has 3 N–H and O–H groups in total. The van der Waals surface area contributed by atoms with Crippen LogP contribution in [-0.4, -0.2) is 26.4 Å². The Morgan fingerprint density at radius 3 is 2.41 bits per heavy atom. The SMILES string of the molecule is Cc1ccc(CNC(=O)[C@H](C)OC(=O)c2cc(S(N)(=O)=O)ccc2F)cc1. The molecule has 0 bridgehead atoms. The largest absolute Gasteiger partial charge is 0.449 e. The number of halogens is 1. The molecule has 2 aromatic rings. The van der Waals surface area contributed by atoms with Crippen molar-refractivity contribution in [1.82, 2.24) is 5.32 Å². The first kappa shape index (κ1) is 20.5. The smallest absolute Gasteiger partial charge is 0.341 e. The fourth-order valence-electron chi connectivity index (χ4n) is 2.15. The van der Waals surface area contributed by atoms with Gasteiger partial charge in [0.05, 0.1) is 10.5 Å². The molecule has 2 rings (SSSR count). The number of amides is 1. The molecule has 0 fully saturated rings. The maximum absolute atomic E-state index is 13.8. The summed E-state index contributed by atoms with van der Waals surface area (Å²) in [7, 11) is -4.12. The average molecular weight is 394 g/mol. The van der Waals surface area contributed by atoms with Crippen LogP contribution < -0.4 is 10.5 Å². The fraction of sp³-hybridized carbons (Fsp3) is 0.222. The van der Waals surface area contributed by atoms with Crippen LogP contribution in [0.4, 0.5) is 4.39 Å². The Morgan fingerprint density at radius 1 is 1.19 bits per heavy atom. The summed E-state index contributed by atoms with van der Waals surface area (Å²) in [6.07, 6.45) is -1.21. The van der Waals surface area contributed by atoms with Crippen LogP contribution in [0.1, 0.15) is 28.4 Å². The van der Waals surface area contributed by atoms with E-state index in [9.17, 15) is 22.4 Å². The van der Waals surface area contributed by atoms with E-state index in [1.54, 1.807) is 0 Å². The lowest BCUT2D eigenvalue weighted by atomic mass is 10.1. The van der Waals surface area contributed by atoms with Crippen LogP contribution >= 0.6 is 0 Å². The zero-order valence-corrected chi connectivity index (χ0v) is 15.5. The lowest BCUT2D eigenvalue weighted by Crippen LogP contribution is -2.35. The van der Waals surface area contributed by atoms with Gasteiger partial charge in [0, 0.05) is 6.54 Å². The van der Waals surface area contributed by atoms with Crippen molar-refractivity contribution >= 4 is 21.9 Å². The predicted octanol–water partition coefficient (Wildman–Crippen LogP) is 1.64. The van der Waals surface area contributed by atoms with Gasteiger partial charge in [-0.1, -0.05) is 29.8 Å². The number of primary sulfonamides is 1. The highest BCUT2D eigenvalue weighted by molar-refractivity contribution is 7.89. The number of nitrogens with one attached hydrogen (secondary N) is 1. The van der Waals surface area contributed by atoms with Gasteiger partial charge in [0.2, 0.25) is 10.0 Å². The van der Waals surface area contributed by atoms with E-state index in [-0.39, 0.29) is 6.54 Å². The lowest BCUT2D eigenvalue weighted by molar-refractivity contribution is -0.129. The van der Waals surface area contributed by atoms with Gasteiger partial charge < -0.3 is 10.1 Å². The van der Waals surface area contributed by atoms with E-state index >= 15 is 0 Å². The molecule has 2 aromatic carbocycles. The van der Waals surface area contributed by atoms with Gasteiger partial charge in [-0.25, -0.2) is 22.7 Å². The monoisotopic (exact) mass is 394 g/mol. The van der Waals surface area contributed by atoms with E-state index < -0.39 is 44.3 Å². The quantitative estimate of drug-likeness (QED) is 0.723. The Hall–Kier alpha value is -2.78. The van der Waals surface area contributed by atoms with Crippen molar-refractivity contribution in [3.05, 3.63) is 65.0 Å². The number of carbonyl (C=O) groups excluding carboxylic acids is 2. The molecule has 0 aliphatic rings. The summed E-state index contributed by atoms with van der Waals surface area (Å²) in [6.45, 7) is 3.49. The molecule has 7 nitrogen and oxygen atoms in total. The number of aryl methyl sites for hydroxylation is 1. The van der Waals surface area contributed by atoms with Gasteiger partial charge in [-0.3, -0.25) is 4.79 Å². The van der Waals surface area contributed by atoms with Crippen molar-refractivity contribution < 1.29 is 27.1 Å². The summed E-state index contributed by atoms with van der Waals surface area (Å²) in [4.78, 5) is 23.7. The number of sulfonamides is 1. The summed E-state index contributed by atoms with van der Waals surface area (Å²) >= 11 is 0. The summed E-state index contributed by atoms with van der Waals surface area (Å²) in [6, 6.07) is 9.97. The molecular formula is C18H19FN2O5S. The van der Waals surface area contributed by atoms with E-state index in [1.807, 2.05) is 31.2 Å². The number of hydrogen-bond donors (Lipinski definition) is 2. The van der Waals surface area contributed by atoms with Crippen LogP contribution in [0.3, 0.4) is 0 Å². The number of hydrogen-bond acceptors (Lipinski definition) is 5. The Bertz CT molecular complexity index is 958. The number of benzene rings is 2. The lowest BCUT2D eigenvalue weighted by Gasteiger charge is -2.14. The highest BCUT2D eigenvalue weighted by Gasteiger charge is 2.22. The van der Waals surface area contributed by atoms with E-state index in [1.165, 1.54) is 6.92 Å². The summed E-state index contributed by atoms with van der Waals surface area (Å²) < 4.78 is 41.4. The molecule has 1 amide bonds. The highest BCUT2D eigenvalue weighted by atomic mass is 32.2. The summed E-state index contributed by atoms with van der Waals surface area (Å²) in [5, 5.41) is 7.56. The molecule has 0 aliphatic carbocycles. The minimum atomic E-state index is -4.12. The fourth-order valence-corrected chi connectivity index (χ4v) is 2.69. The second-order valence-corrected chi connectivity index (χ2v) is 7.50. The maximum atomic E-state index is 13.8. The molecule has 0 radical (unpaired) electrons. The summed E-state index contributed by atoms with van der Waals surface area (Å²) in [5.41, 5.74) is 1.32. The Balaban J connectivity index is 2.02. The van der Waals surface area contributed by atoms with E-state index in [0.717, 1.165) is 29.3 Å². The standard InChI is InChI=1S/C18H19FN2O5S/c1-11-3-5-13(6-4-11)10-21-17(22)12(2)26-18(23)15-9-14(27(20,24)25)7-8-16(15)19/h3-9,12H,10H2,1-2H3,(H,21,22)(H2,20,24,25)/t12-/m0/s1. The van der Waals surface area contributed by atoms with Crippen LogP contribution in [0, 0.1) is 12.7 Å². The highest BCUT2D eigenvalue weighted by Crippen LogP contribution is 2.16. The van der Waals surface area contributed by atoms with Crippen LogP contribution in [0.25, 0.3) is 0 Å². The molecule has 0 heterocycles. The van der Waals surface area contributed by atoms with Gasteiger partial charge in [0.25, 0.3) is 5.91 Å². The van der Waals surface area contributed by atoms with Crippen molar-refractivity contribution in [2.24, 2.45) is 5.14 Å². The minimum Gasteiger partial charge on any atom is -0.449 e. The van der Waals surface area contributed by atoms with Crippen molar-refractivity contribution in [1.29, 1.82) is 0 Å².